The average molecular weight is 492 g/mol. The Kier molecular flexibility index (Phi) is 6.47. The molecule has 0 spiro atoms. The van der Waals surface area contributed by atoms with Crippen LogP contribution in [0, 0.1) is 11.8 Å². The standard InChI is InChI=1S/C25H23F2N7S/c1-33(2)15-17-6-7-18(26)13-20(17)19-5-3-4-16-12-21(35-24(16)19)23-25(27)29-14-22(31-23)28-8-10-34-11-9-30-32-34/h3-7,9,11-14H,8,10,15H2,1-2H3,(H,28,31). The summed E-state index contributed by atoms with van der Waals surface area (Å²) in [6, 6.07) is 12.6. The molecule has 0 saturated heterocycles. The van der Waals surface area contributed by atoms with E-state index in [1.165, 1.54) is 23.6 Å². The zero-order valence-electron chi connectivity index (χ0n) is 19.2. The molecular weight excluding hydrogens is 468 g/mol. The van der Waals surface area contributed by atoms with Gasteiger partial charge in [-0.25, -0.2) is 14.4 Å². The summed E-state index contributed by atoms with van der Waals surface area (Å²) < 4.78 is 31.6. The van der Waals surface area contributed by atoms with Crippen molar-refractivity contribution in [3.8, 4) is 21.7 Å². The van der Waals surface area contributed by atoms with Gasteiger partial charge >= 0.3 is 0 Å². The maximum Gasteiger partial charge on any atom is 0.240 e. The van der Waals surface area contributed by atoms with Gasteiger partial charge in [-0.1, -0.05) is 29.5 Å². The number of nitrogens with one attached hydrogen (secondary N) is 1. The molecule has 0 radical (unpaired) electrons. The molecule has 2 aromatic carbocycles. The van der Waals surface area contributed by atoms with Crippen molar-refractivity contribution in [2.24, 2.45) is 0 Å². The number of rotatable bonds is 8. The Bertz CT molecular complexity index is 1460. The summed E-state index contributed by atoms with van der Waals surface area (Å²) in [4.78, 5) is 11.1. The molecule has 1 N–H and O–H groups in total. The molecule has 7 nitrogen and oxygen atoms in total. The summed E-state index contributed by atoms with van der Waals surface area (Å²) in [5, 5.41) is 11.8. The summed E-state index contributed by atoms with van der Waals surface area (Å²) in [6.45, 7) is 1.80. The quantitative estimate of drug-likeness (QED) is 0.327. The van der Waals surface area contributed by atoms with Gasteiger partial charge in [-0.05, 0) is 54.4 Å². The lowest BCUT2D eigenvalue weighted by atomic mass is 9.98. The maximum atomic E-state index is 14.7. The summed E-state index contributed by atoms with van der Waals surface area (Å²) >= 11 is 1.42. The first-order valence-electron chi connectivity index (χ1n) is 11.0. The monoisotopic (exact) mass is 491 g/mol. The lowest BCUT2D eigenvalue weighted by molar-refractivity contribution is 0.403. The molecule has 5 aromatic rings. The number of fused-ring (bicyclic) bond motifs is 1. The van der Waals surface area contributed by atoms with Crippen molar-refractivity contribution in [3.63, 3.8) is 0 Å². The molecule has 3 aromatic heterocycles. The van der Waals surface area contributed by atoms with E-state index in [2.05, 4.69) is 25.6 Å². The predicted molar refractivity (Wildman–Crippen MR) is 134 cm³/mol. The normalized spacial score (nSPS) is 11.5. The van der Waals surface area contributed by atoms with E-state index in [1.54, 1.807) is 23.1 Å². The van der Waals surface area contributed by atoms with Crippen LogP contribution < -0.4 is 5.32 Å². The van der Waals surface area contributed by atoms with E-state index in [4.69, 9.17) is 0 Å². The molecule has 178 valence electrons. The maximum absolute atomic E-state index is 14.7. The van der Waals surface area contributed by atoms with Crippen LogP contribution >= 0.6 is 11.3 Å². The number of benzene rings is 2. The minimum absolute atomic E-state index is 0.177. The fourth-order valence-electron chi connectivity index (χ4n) is 3.94. The molecule has 10 heteroatoms. The van der Waals surface area contributed by atoms with Crippen LogP contribution in [-0.4, -0.2) is 50.5 Å². The van der Waals surface area contributed by atoms with Crippen molar-refractivity contribution in [1.82, 2.24) is 29.9 Å². The minimum atomic E-state index is -0.640. The van der Waals surface area contributed by atoms with Crippen LogP contribution in [0.3, 0.4) is 0 Å². The summed E-state index contributed by atoms with van der Waals surface area (Å²) in [5.74, 6) is -0.463. The van der Waals surface area contributed by atoms with Gasteiger partial charge in [-0.15, -0.1) is 16.4 Å². The summed E-state index contributed by atoms with van der Waals surface area (Å²) in [6.07, 6.45) is 4.75. The van der Waals surface area contributed by atoms with Crippen molar-refractivity contribution >= 4 is 27.2 Å². The largest absolute Gasteiger partial charge is 0.367 e. The van der Waals surface area contributed by atoms with Crippen LogP contribution in [0.1, 0.15) is 5.56 Å². The highest BCUT2D eigenvalue weighted by Crippen LogP contribution is 2.40. The highest BCUT2D eigenvalue weighted by atomic mass is 32.1. The fourth-order valence-corrected chi connectivity index (χ4v) is 5.10. The lowest BCUT2D eigenvalue weighted by Gasteiger charge is -2.15. The molecule has 0 bridgehead atoms. The Morgan fingerprint density at radius 2 is 1.97 bits per heavy atom. The van der Waals surface area contributed by atoms with Crippen LogP contribution in [0.15, 0.2) is 61.1 Å². The summed E-state index contributed by atoms with van der Waals surface area (Å²) in [7, 11) is 3.96. The number of hydrogen-bond acceptors (Lipinski definition) is 7. The number of hydrogen-bond donors (Lipinski definition) is 1. The molecule has 35 heavy (non-hydrogen) atoms. The van der Waals surface area contributed by atoms with Gasteiger partial charge in [0.25, 0.3) is 0 Å². The molecule has 5 rings (SSSR count). The molecule has 0 amide bonds. The van der Waals surface area contributed by atoms with Crippen LogP contribution in [0.2, 0.25) is 0 Å². The fraction of sp³-hybridized carbons (Fsp3) is 0.200. The van der Waals surface area contributed by atoms with Crippen LogP contribution in [-0.2, 0) is 13.1 Å². The average Bonchev–Trinajstić information content (AvgIpc) is 3.51. The Morgan fingerprint density at radius 3 is 2.77 bits per heavy atom. The van der Waals surface area contributed by atoms with E-state index in [0.29, 0.717) is 30.3 Å². The number of anilines is 1. The topological polar surface area (TPSA) is 71.8 Å². The third-order valence-electron chi connectivity index (χ3n) is 5.47. The molecule has 0 aliphatic carbocycles. The van der Waals surface area contributed by atoms with Crippen LogP contribution in [0.25, 0.3) is 31.8 Å². The SMILES string of the molecule is CN(C)Cc1ccc(F)cc1-c1cccc2cc(-c3nc(NCCn4ccnn4)cnc3F)sc12. The van der Waals surface area contributed by atoms with Crippen molar-refractivity contribution in [2.45, 2.75) is 13.1 Å². The van der Waals surface area contributed by atoms with E-state index >= 15 is 0 Å². The van der Waals surface area contributed by atoms with Crippen LogP contribution in [0.5, 0.6) is 0 Å². The Hall–Kier alpha value is -3.76. The van der Waals surface area contributed by atoms with Gasteiger partial charge in [0.15, 0.2) is 0 Å². The van der Waals surface area contributed by atoms with Gasteiger partial charge in [0.1, 0.15) is 17.3 Å². The second-order valence-electron chi connectivity index (χ2n) is 8.36. The Morgan fingerprint density at radius 1 is 1.09 bits per heavy atom. The van der Waals surface area contributed by atoms with Crippen molar-refractivity contribution in [1.29, 1.82) is 0 Å². The van der Waals surface area contributed by atoms with Gasteiger partial charge in [0.2, 0.25) is 5.95 Å². The third kappa shape index (κ3) is 5.03. The lowest BCUT2D eigenvalue weighted by Crippen LogP contribution is -2.12. The zero-order chi connectivity index (χ0) is 24.4. The van der Waals surface area contributed by atoms with E-state index in [1.807, 2.05) is 49.3 Å². The number of aromatic nitrogens is 5. The van der Waals surface area contributed by atoms with Gasteiger partial charge < -0.3 is 10.2 Å². The minimum Gasteiger partial charge on any atom is -0.367 e. The highest BCUT2D eigenvalue weighted by Gasteiger charge is 2.17. The highest BCUT2D eigenvalue weighted by molar-refractivity contribution is 7.22. The number of thiophene rings is 1. The predicted octanol–water partition coefficient (Wildman–Crippen LogP) is 5.07. The van der Waals surface area contributed by atoms with Gasteiger partial charge in [-0.2, -0.15) is 4.39 Å². The second-order valence-corrected chi connectivity index (χ2v) is 9.41. The Labute approximate surface area is 205 Å². The zero-order valence-corrected chi connectivity index (χ0v) is 20.1. The Balaban J connectivity index is 1.50. The van der Waals surface area contributed by atoms with E-state index in [9.17, 15) is 8.78 Å². The second kappa shape index (κ2) is 9.85. The molecule has 0 unspecified atom stereocenters. The first kappa shape index (κ1) is 23.0. The first-order chi connectivity index (χ1) is 17.0. The van der Waals surface area contributed by atoms with Gasteiger partial charge in [-0.3, -0.25) is 4.68 Å². The first-order valence-corrected chi connectivity index (χ1v) is 11.9. The summed E-state index contributed by atoms with van der Waals surface area (Å²) in [5.41, 5.74) is 2.93. The van der Waals surface area contributed by atoms with Crippen molar-refractivity contribution in [3.05, 3.63) is 78.4 Å². The molecule has 0 atom stereocenters. The van der Waals surface area contributed by atoms with Gasteiger partial charge in [0, 0.05) is 24.0 Å². The third-order valence-corrected chi connectivity index (χ3v) is 6.66. The number of nitrogens with zero attached hydrogens (tertiary/aromatic N) is 6. The molecule has 0 saturated carbocycles. The molecule has 0 fully saturated rings. The van der Waals surface area contributed by atoms with E-state index in [-0.39, 0.29) is 11.5 Å². The van der Waals surface area contributed by atoms with E-state index < -0.39 is 5.95 Å². The molecule has 3 heterocycles. The van der Waals surface area contributed by atoms with Gasteiger partial charge in [0.05, 0.1) is 23.8 Å². The number of halogens is 2. The molecule has 0 aliphatic rings. The smallest absolute Gasteiger partial charge is 0.240 e. The molecule has 0 aliphatic heterocycles. The van der Waals surface area contributed by atoms with E-state index in [0.717, 1.165) is 26.8 Å². The van der Waals surface area contributed by atoms with Crippen molar-refractivity contribution in [2.75, 3.05) is 26.0 Å². The molecular formula is C25H23F2N7S. The van der Waals surface area contributed by atoms with Crippen LogP contribution in [0.4, 0.5) is 14.6 Å². The van der Waals surface area contributed by atoms with Crippen molar-refractivity contribution < 1.29 is 8.78 Å².